The Balaban J connectivity index is 2.40. The number of carbonyl (C=O) groups is 2. The number of likely N-dealkylation sites (tertiary alicyclic amines) is 1. The van der Waals surface area contributed by atoms with E-state index in [1.54, 1.807) is 0 Å². The molecule has 1 unspecified atom stereocenters. The third-order valence-electron chi connectivity index (χ3n) is 3.13. The van der Waals surface area contributed by atoms with Crippen LogP contribution in [0.2, 0.25) is 0 Å². The molecule has 102 valence electrons. The summed E-state index contributed by atoms with van der Waals surface area (Å²) in [6.45, 7) is 0.156. The summed E-state index contributed by atoms with van der Waals surface area (Å²) in [5, 5.41) is 8.97. The predicted molar refractivity (Wildman–Crippen MR) is 62.5 cm³/mol. The number of rotatable bonds is 2. The normalized spacial score (nSPS) is 18.6. The second-order valence-corrected chi connectivity index (χ2v) is 4.32. The smallest absolute Gasteiger partial charge is 0.326 e. The Morgan fingerprint density at radius 3 is 2.68 bits per heavy atom. The molecule has 1 saturated heterocycles. The van der Waals surface area contributed by atoms with Gasteiger partial charge in [0.25, 0.3) is 5.91 Å². The second kappa shape index (κ2) is 4.83. The van der Waals surface area contributed by atoms with Crippen molar-refractivity contribution in [2.45, 2.75) is 18.9 Å². The molecule has 1 atom stereocenters. The van der Waals surface area contributed by atoms with Gasteiger partial charge < -0.3 is 15.7 Å². The monoisotopic (exact) mass is 270 g/mol. The highest BCUT2D eigenvalue weighted by molar-refractivity contribution is 5.98. The van der Waals surface area contributed by atoms with E-state index in [1.165, 1.54) is 0 Å². The summed E-state index contributed by atoms with van der Waals surface area (Å²) >= 11 is 0. The fraction of sp³-hybridized carbons (Fsp3) is 0.333. The Morgan fingerprint density at radius 1 is 1.37 bits per heavy atom. The molecule has 1 aliphatic rings. The van der Waals surface area contributed by atoms with E-state index < -0.39 is 35.1 Å². The Bertz CT molecular complexity index is 548. The van der Waals surface area contributed by atoms with E-state index in [0.717, 1.165) is 17.0 Å². The van der Waals surface area contributed by atoms with Gasteiger partial charge in [-0.15, -0.1) is 0 Å². The lowest BCUT2D eigenvalue weighted by molar-refractivity contribution is -0.141. The van der Waals surface area contributed by atoms with E-state index in [-0.39, 0.29) is 18.7 Å². The van der Waals surface area contributed by atoms with Gasteiger partial charge in [0.1, 0.15) is 17.4 Å². The average molecular weight is 270 g/mol. The molecule has 0 aliphatic carbocycles. The number of aliphatic carboxylic acids is 1. The number of hydrogen-bond donors (Lipinski definition) is 2. The van der Waals surface area contributed by atoms with Crippen LogP contribution < -0.4 is 5.73 Å². The minimum atomic E-state index is -1.18. The van der Waals surface area contributed by atoms with Crippen molar-refractivity contribution >= 4 is 17.6 Å². The molecule has 1 aliphatic heterocycles. The maximum Gasteiger partial charge on any atom is 0.326 e. The summed E-state index contributed by atoms with van der Waals surface area (Å²) < 4.78 is 27.3. The molecule has 3 N–H and O–H groups in total. The highest BCUT2D eigenvalue weighted by atomic mass is 19.1. The number of nitrogens with zero attached hydrogens (tertiary/aromatic N) is 1. The minimum absolute atomic E-state index is 0.156. The zero-order chi connectivity index (χ0) is 14.2. The molecule has 19 heavy (non-hydrogen) atoms. The topological polar surface area (TPSA) is 83.6 Å². The third kappa shape index (κ3) is 2.23. The van der Waals surface area contributed by atoms with Crippen LogP contribution in [0.25, 0.3) is 0 Å². The van der Waals surface area contributed by atoms with Crippen molar-refractivity contribution < 1.29 is 23.5 Å². The van der Waals surface area contributed by atoms with E-state index in [1.807, 2.05) is 0 Å². The van der Waals surface area contributed by atoms with Crippen LogP contribution in [0.3, 0.4) is 0 Å². The van der Waals surface area contributed by atoms with Crippen molar-refractivity contribution in [3.05, 3.63) is 29.3 Å². The molecule has 7 heteroatoms. The Hall–Kier alpha value is -2.18. The van der Waals surface area contributed by atoms with Gasteiger partial charge in [-0.1, -0.05) is 0 Å². The Morgan fingerprint density at radius 2 is 2.05 bits per heavy atom. The Kier molecular flexibility index (Phi) is 3.37. The lowest BCUT2D eigenvalue weighted by Gasteiger charge is -2.22. The first-order valence-corrected chi connectivity index (χ1v) is 5.70. The zero-order valence-corrected chi connectivity index (χ0v) is 9.90. The number of nitrogens with two attached hydrogens (primary N) is 1. The van der Waals surface area contributed by atoms with Crippen LogP contribution in [0, 0.1) is 11.6 Å². The van der Waals surface area contributed by atoms with Crippen LogP contribution >= 0.6 is 0 Å². The summed E-state index contributed by atoms with van der Waals surface area (Å²) in [5.74, 6) is -4.36. The molecule has 0 aromatic heterocycles. The number of halogens is 2. The molecule has 0 saturated carbocycles. The van der Waals surface area contributed by atoms with Crippen LogP contribution in [-0.4, -0.2) is 34.5 Å². The third-order valence-corrected chi connectivity index (χ3v) is 3.13. The van der Waals surface area contributed by atoms with E-state index in [2.05, 4.69) is 0 Å². The van der Waals surface area contributed by atoms with Crippen molar-refractivity contribution in [1.82, 2.24) is 4.90 Å². The van der Waals surface area contributed by atoms with Gasteiger partial charge >= 0.3 is 5.97 Å². The van der Waals surface area contributed by atoms with Gasteiger partial charge in [-0.3, -0.25) is 4.79 Å². The molecule has 1 heterocycles. The van der Waals surface area contributed by atoms with Crippen molar-refractivity contribution in [2.24, 2.45) is 0 Å². The van der Waals surface area contributed by atoms with Crippen molar-refractivity contribution in [1.29, 1.82) is 0 Å². The highest BCUT2D eigenvalue weighted by Crippen LogP contribution is 2.25. The summed E-state index contributed by atoms with van der Waals surface area (Å²) in [5.41, 5.74) is 4.14. The van der Waals surface area contributed by atoms with Gasteiger partial charge in [-0.05, 0) is 25.0 Å². The number of carboxylic acid groups (broad SMARTS) is 1. The number of carboxylic acids is 1. The number of hydrogen-bond acceptors (Lipinski definition) is 3. The molecule has 1 aromatic carbocycles. The summed E-state index contributed by atoms with van der Waals surface area (Å²) in [4.78, 5) is 24.0. The van der Waals surface area contributed by atoms with Crippen LogP contribution in [0.1, 0.15) is 23.2 Å². The summed E-state index contributed by atoms with van der Waals surface area (Å²) in [6, 6.07) is 0.852. The van der Waals surface area contributed by atoms with Crippen LogP contribution in [0.5, 0.6) is 0 Å². The zero-order valence-electron chi connectivity index (χ0n) is 9.90. The van der Waals surface area contributed by atoms with Gasteiger partial charge in [0.05, 0.1) is 5.69 Å². The van der Waals surface area contributed by atoms with E-state index in [9.17, 15) is 18.4 Å². The van der Waals surface area contributed by atoms with Gasteiger partial charge in [-0.2, -0.15) is 0 Å². The van der Waals surface area contributed by atoms with Crippen LogP contribution in [0.15, 0.2) is 12.1 Å². The maximum atomic E-state index is 13.7. The molecular weight excluding hydrogens is 258 g/mol. The first kappa shape index (κ1) is 13.3. The number of amides is 1. The molecule has 1 aromatic rings. The molecule has 0 spiro atoms. The molecule has 0 radical (unpaired) electrons. The molecule has 2 rings (SSSR count). The second-order valence-electron chi connectivity index (χ2n) is 4.32. The molecule has 1 fully saturated rings. The quantitative estimate of drug-likeness (QED) is 0.792. The lowest BCUT2D eigenvalue weighted by atomic mass is 10.1. The SMILES string of the molecule is Nc1ccc(F)c(C(=O)N2CCCC2C(=O)O)c1F. The number of anilines is 1. The first-order chi connectivity index (χ1) is 8.93. The molecular formula is C12H12F2N2O3. The number of nitrogen functional groups attached to an aromatic ring is 1. The highest BCUT2D eigenvalue weighted by Gasteiger charge is 2.36. The molecule has 1 amide bonds. The van der Waals surface area contributed by atoms with Gasteiger partial charge in [-0.25, -0.2) is 13.6 Å². The van der Waals surface area contributed by atoms with Crippen LogP contribution in [0.4, 0.5) is 14.5 Å². The Labute approximate surface area is 107 Å². The van der Waals surface area contributed by atoms with Crippen LogP contribution in [-0.2, 0) is 4.79 Å². The minimum Gasteiger partial charge on any atom is -0.480 e. The number of carbonyl (C=O) groups excluding carboxylic acids is 1. The summed E-state index contributed by atoms with van der Waals surface area (Å²) in [7, 11) is 0. The summed E-state index contributed by atoms with van der Waals surface area (Å²) in [6.07, 6.45) is 0.751. The average Bonchev–Trinajstić information content (AvgIpc) is 2.83. The predicted octanol–water partition coefficient (Wildman–Crippen LogP) is 1.24. The first-order valence-electron chi connectivity index (χ1n) is 5.70. The molecule has 5 nitrogen and oxygen atoms in total. The molecule has 0 bridgehead atoms. The maximum absolute atomic E-state index is 13.7. The standard InChI is InChI=1S/C12H12F2N2O3/c13-6-3-4-7(15)10(14)9(6)11(17)16-5-1-2-8(16)12(18)19/h3-4,8H,1-2,5,15H2,(H,18,19). The van der Waals surface area contributed by atoms with Crippen molar-refractivity contribution in [3.63, 3.8) is 0 Å². The van der Waals surface area contributed by atoms with Gasteiger partial charge in [0.15, 0.2) is 5.82 Å². The van der Waals surface area contributed by atoms with Crippen molar-refractivity contribution in [3.8, 4) is 0 Å². The van der Waals surface area contributed by atoms with Gasteiger partial charge in [0, 0.05) is 6.54 Å². The largest absolute Gasteiger partial charge is 0.480 e. The van der Waals surface area contributed by atoms with Crippen molar-refractivity contribution in [2.75, 3.05) is 12.3 Å². The number of benzene rings is 1. The van der Waals surface area contributed by atoms with Gasteiger partial charge in [0.2, 0.25) is 0 Å². The van der Waals surface area contributed by atoms with E-state index >= 15 is 0 Å². The van der Waals surface area contributed by atoms with E-state index in [4.69, 9.17) is 10.8 Å². The fourth-order valence-electron chi connectivity index (χ4n) is 2.17. The lowest BCUT2D eigenvalue weighted by Crippen LogP contribution is -2.41. The van der Waals surface area contributed by atoms with E-state index in [0.29, 0.717) is 6.42 Å². The fourth-order valence-corrected chi connectivity index (χ4v) is 2.17.